The van der Waals surface area contributed by atoms with E-state index in [1.54, 1.807) is 11.2 Å². The largest absolute Gasteiger partial charge is 0.297 e. The first-order chi connectivity index (χ1) is 9.06. The lowest BCUT2D eigenvalue weighted by molar-refractivity contribution is 0.0744. The summed E-state index contributed by atoms with van der Waals surface area (Å²) in [6.07, 6.45) is 7.47. The topological polar surface area (TPSA) is 40.6 Å². The highest BCUT2D eigenvalue weighted by molar-refractivity contribution is 7.89. The molecule has 3 fully saturated rings. The smallest absolute Gasteiger partial charge is 0.213 e. The Morgan fingerprint density at radius 1 is 1.11 bits per heavy atom. The monoisotopic (exact) mass is 286 g/mol. The van der Waals surface area contributed by atoms with Crippen LogP contribution in [0.1, 0.15) is 45.4 Å². The molecule has 1 aliphatic carbocycles. The van der Waals surface area contributed by atoms with Gasteiger partial charge in [0, 0.05) is 25.2 Å². The molecule has 1 saturated carbocycles. The molecule has 0 atom stereocenters. The van der Waals surface area contributed by atoms with E-state index >= 15 is 0 Å². The van der Waals surface area contributed by atoms with Gasteiger partial charge in [0.2, 0.25) is 10.0 Å². The maximum atomic E-state index is 11.9. The Morgan fingerprint density at radius 2 is 1.79 bits per heavy atom. The van der Waals surface area contributed by atoms with Gasteiger partial charge >= 0.3 is 0 Å². The zero-order valence-electron chi connectivity index (χ0n) is 12.0. The fraction of sp³-hybridized carbons (Fsp3) is 1.00. The van der Waals surface area contributed by atoms with Crippen molar-refractivity contribution in [1.29, 1.82) is 0 Å². The Balaban J connectivity index is 1.64. The van der Waals surface area contributed by atoms with Crippen LogP contribution in [0, 0.1) is 5.92 Å². The summed E-state index contributed by atoms with van der Waals surface area (Å²) in [5.41, 5.74) is 0.336. The predicted molar refractivity (Wildman–Crippen MR) is 76.5 cm³/mol. The third kappa shape index (κ3) is 2.69. The molecule has 2 aliphatic heterocycles. The number of rotatable bonds is 4. The van der Waals surface area contributed by atoms with E-state index in [4.69, 9.17) is 0 Å². The summed E-state index contributed by atoms with van der Waals surface area (Å²) < 4.78 is 25.6. The van der Waals surface area contributed by atoms with Crippen LogP contribution in [-0.2, 0) is 10.0 Å². The molecule has 0 unspecified atom stereocenters. The number of hydrogen-bond donors (Lipinski definition) is 0. The van der Waals surface area contributed by atoms with Crippen molar-refractivity contribution in [3.8, 4) is 0 Å². The average Bonchev–Trinajstić information content (AvgIpc) is 3.15. The molecule has 5 heteroatoms. The second kappa shape index (κ2) is 5.01. The van der Waals surface area contributed by atoms with Crippen molar-refractivity contribution in [2.75, 3.05) is 31.9 Å². The number of nitrogens with zero attached hydrogens (tertiary/aromatic N) is 2. The normalized spacial score (nSPS) is 29.1. The van der Waals surface area contributed by atoms with Gasteiger partial charge < -0.3 is 0 Å². The lowest BCUT2D eigenvalue weighted by Gasteiger charge is -2.44. The van der Waals surface area contributed by atoms with Gasteiger partial charge in [0.1, 0.15) is 0 Å². The van der Waals surface area contributed by atoms with Crippen molar-refractivity contribution in [1.82, 2.24) is 9.21 Å². The molecule has 1 spiro atoms. The van der Waals surface area contributed by atoms with E-state index in [0.717, 1.165) is 31.8 Å². The molecule has 0 N–H and O–H groups in total. The van der Waals surface area contributed by atoms with Gasteiger partial charge in [-0.1, -0.05) is 0 Å². The molecule has 19 heavy (non-hydrogen) atoms. The van der Waals surface area contributed by atoms with E-state index in [0.29, 0.717) is 5.54 Å². The number of likely N-dealkylation sites (tertiary alicyclic amines) is 1. The van der Waals surface area contributed by atoms with Crippen LogP contribution in [0.2, 0.25) is 0 Å². The standard InChI is InChI=1S/C14H26N2O2S/c1-2-19(17,18)16-10-7-14(8-11-16)6-3-9-15(14)12-13-4-5-13/h13H,2-12H2,1H3. The van der Waals surface area contributed by atoms with E-state index < -0.39 is 10.0 Å². The lowest BCUT2D eigenvalue weighted by Crippen LogP contribution is -2.53. The predicted octanol–water partition coefficient (Wildman–Crippen LogP) is 1.68. The molecule has 0 aromatic rings. The molecule has 3 aliphatic rings. The van der Waals surface area contributed by atoms with Gasteiger partial charge in [0.05, 0.1) is 5.75 Å². The first-order valence-corrected chi connectivity index (χ1v) is 9.39. The molecular weight excluding hydrogens is 260 g/mol. The molecule has 4 nitrogen and oxygen atoms in total. The van der Waals surface area contributed by atoms with Crippen LogP contribution in [0.25, 0.3) is 0 Å². The summed E-state index contributed by atoms with van der Waals surface area (Å²) in [4.78, 5) is 2.70. The highest BCUT2D eigenvalue weighted by atomic mass is 32.2. The summed E-state index contributed by atoms with van der Waals surface area (Å²) in [6, 6.07) is 0. The molecular formula is C14H26N2O2S. The fourth-order valence-corrected chi connectivity index (χ4v) is 4.92. The molecule has 2 saturated heterocycles. The minimum absolute atomic E-state index is 0.242. The Labute approximate surface area is 117 Å². The summed E-state index contributed by atoms with van der Waals surface area (Å²) in [6.45, 7) is 5.71. The number of hydrogen-bond acceptors (Lipinski definition) is 3. The SMILES string of the molecule is CCS(=O)(=O)N1CCC2(CCCN2CC2CC2)CC1. The van der Waals surface area contributed by atoms with Crippen LogP contribution in [-0.4, -0.2) is 55.1 Å². The van der Waals surface area contributed by atoms with E-state index in [1.165, 1.54) is 38.8 Å². The van der Waals surface area contributed by atoms with Crippen LogP contribution in [0.5, 0.6) is 0 Å². The van der Waals surface area contributed by atoms with E-state index in [-0.39, 0.29) is 5.75 Å². The lowest BCUT2D eigenvalue weighted by atomic mass is 9.85. The molecule has 0 radical (unpaired) electrons. The quantitative estimate of drug-likeness (QED) is 0.789. The van der Waals surface area contributed by atoms with Crippen LogP contribution in [0.15, 0.2) is 0 Å². The maximum Gasteiger partial charge on any atom is 0.213 e. The third-order valence-corrected chi connectivity index (χ3v) is 7.21. The van der Waals surface area contributed by atoms with Crippen LogP contribution < -0.4 is 0 Å². The highest BCUT2D eigenvalue weighted by Gasteiger charge is 2.45. The van der Waals surface area contributed by atoms with Crippen molar-refractivity contribution < 1.29 is 8.42 Å². The first kappa shape index (κ1) is 13.8. The zero-order valence-corrected chi connectivity index (χ0v) is 12.8. The number of piperidine rings is 1. The molecule has 0 aromatic carbocycles. The van der Waals surface area contributed by atoms with Crippen molar-refractivity contribution in [2.45, 2.75) is 51.0 Å². The molecule has 110 valence electrons. The van der Waals surface area contributed by atoms with Crippen LogP contribution >= 0.6 is 0 Å². The van der Waals surface area contributed by atoms with Crippen molar-refractivity contribution in [3.63, 3.8) is 0 Å². The van der Waals surface area contributed by atoms with E-state index in [1.807, 2.05) is 0 Å². The van der Waals surface area contributed by atoms with Crippen molar-refractivity contribution in [3.05, 3.63) is 0 Å². The molecule has 3 rings (SSSR count). The van der Waals surface area contributed by atoms with E-state index in [9.17, 15) is 8.42 Å². The van der Waals surface area contributed by atoms with E-state index in [2.05, 4.69) is 4.90 Å². The Morgan fingerprint density at radius 3 is 2.37 bits per heavy atom. The fourth-order valence-electron chi connectivity index (χ4n) is 3.82. The highest BCUT2D eigenvalue weighted by Crippen LogP contribution is 2.42. The van der Waals surface area contributed by atoms with Crippen LogP contribution in [0.3, 0.4) is 0 Å². The summed E-state index contributed by atoms with van der Waals surface area (Å²) in [7, 11) is -2.98. The first-order valence-electron chi connectivity index (χ1n) is 7.79. The summed E-state index contributed by atoms with van der Waals surface area (Å²) >= 11 is 0. The van der Waals surface area contributed by atoms with Gasteiger partial charge in [-0.3, -0.25) is 4.90 Å². The molecule has 0 aromatic heterocycles. The summed E-state index contributed by atoms with van der Waals surface area (Å²) in [5, 5.41) is 0. The molecule has 0 amide bonds. The van der Waals surface area contributed by atoms with Gasteiger partial charge in [-0.15, -0.1) is 0 Å². The van der Waals surface area contributed by atoms with Gasteiger partial charge in [0.25, 0.3) is 0 Å². The minimum Gasteiger partial charge on any atom is -0.297 e. The summed E-state index contributed by atoms with van der Waals surface area (Å²) in [5.74, 6) is 1.18. The van der Waals surface area contributed by atoms with Gasteiger partial charge in [-0.05, 0) is 57.9 Å². The number of sulfonamides is 1. The Bertz CT molecular complexity index is 423. The average molecular weight is 286 g/mol. The molecule has 2 heterocycles. The second-order valence-corrected chi connectivity index (χ2v) is 8.77. The van der Waals surface area contributed by atoms with Crippen molar-refractivity contribution >= 4 is 10.0 Å². The zero-order chi connectivity index (χ0) is 13.5. The Kier molecular flexibility index (Phi) is 3.65. The minimum atomic E-state index is -2.98. The Hall–Kier alpha value is -0.130. The third-order valence-electron chi connectivity index (χ3n) is 5.33. The second-order valence-electron chi connectivity index (χ2n) is 6.52. The van der Waals surface area contributed by atoms with Crippen molar-refractivity contribution in [2.24, 2.45) is 5.92 Å². The van der Waals surface area contributed by atoms with Gasteiger partial charge in [-0.25, -0.2) is 12.7 Å². The van der Waals surface area contributed by atoms with Gasteiger partial charge in [0.15, 0.2) is 0 Å². The molecule has 0 bridgehead atoms. The van der Waals surface area contributed by atoms with Crippen LogP contribution in [0.4, 0.5) is 0 Å². The van der Waals surface area contributed by atoms with Gasteiger partial charge in [-0.2, -0.15) is 0 Å². The maximum absolute atomic E-state index is 11.9.